The van der Waals surface area contributed by atoms with Crippen molar-refractivity contribution in [1.29, 1.82) is 0 Å². The maximum absolute atomic E-state index is 5.55. The SMILES string of the molecule is C.COc1cc(N)cc(OC)c1. The Hall–Kier alpha value is -1.38. The minimum absolute atomic E-state index is 0. The Kier molecular flexibility index (Phi) is 3.97. The largest absolute Gasteiger partial charge is 0.497 e. The maximum Gasteiger partial charge on any atom is 0.124 e. The molecule has 2 N–H and O–H groups in total. The third-order valence-electron chi connectivity index (χ3n) is 1.37. The average molecular weight is 169 g/mol. The van der Waals surface area contributed by atoms with E-state index in [2.05, 4.69) is 0 Å². The summed E-state index contributed by atoms with van der Waals surface area (Å²) < 4.78 is 9.96. The van der Waals surface area contributed by atoms with E-state index in [1.54, 1.807) is 32.4 Å². The van der Waals surface area contributed by atoms with Crippen LogP contribution >= 0.6 is 0 Å². The number of anilines is 1. The van der Waals surface area contributed by atoms with Gasteiger partial charge in [0, 0.05) is 23.9 Å². The van der Waals surface area contributed by atoms with E-state index < -0.39 is 0 Å². The van der Waals surface area contributed by atoms with E-state index in [1.165, 1.54) is 0 Å². The van der Waals surface area contributed by atoms with E-state index in [-0.39, 0.29) is 7.43 Å². The van der Waals surface area contributed by atoms with Gasteiger partial charge in [-0.05, 0) is 0 Å². The lowest BCUT2D eigenvalue weighted by atomic mass is 10.3. The molecule has 1 aromatic rings. The van der Waals surface area contributed by atoms with E-state index in [0.29, 0.717) is 17.2 Å². The van der Waals surface area contributed by atoms with Crippen LogP contribution in [0.25, 0.3) is 0 Å². The highest BCUT2D eigenvalue weighted by Crippen LogP contribution is 2.23. The average Bonchev–Trinajstić information content (AvgIpc) is 2.03. The van der Waals surface area contributed by atoms with Gasteiger partial charge < -0.3 is 15.2 Å². The molecule has 0 aromatic heterocycles. The topological polar surface area (TPSA) is 44.5 Å². The number of hydrogen-bond acceptors (Lipinski definition) is 3. The lowest BCUT2D eigenvalue weighted by Crippen LogP contribution is -1.90. The van der Waals surface area contributed by atoms with Crippen LogP contribution in [0.1, 0.15) is 7.43 Å². The molecule has 3 heteroatoms. The summed E-state index contributed by atoms with van der Waals surface area (Å²) in [6.07, 6.45) is 0. The van der Waals surface area contributed by atoms with Crippen molar-refractivity contribution in [3.05, 3.63) is 18.2 Å². The highest BCUT2D eigenvalue weighted by atomic mass is 16.5. The molecule has 0 amide bonds. The molecule has 68 valence electrons. The van der Waals surface area contributed by atoms with Gasteiger partial charge in [-0.1, -0.05) is 7.43 Å². The molecule has 3 nitrogen and oxygen atoms in total. The van der Waals surface area contributed by atoms with Gasteiger partial charge in [0.25, 0.3) is 0 Å². The Bertz CT molecular complexity index is 226. The van der Waals surface area contributed by atoms with E-state index in [0.717, 1.165) is 0 Å². The number of benzene rings is 1. The van der Waals surface area contributed by atoms with Gasteiger partial charge >= 0.3 is 0 Å². The van der Waals surface area contributed by atoms with Crippen LogP contribution in [0.4, 0.5) is 5.69 Å². The Balaban J connectivity index is 0.00000121. The van der Waals surface area contributed by atoms with Crippen LogP contribution in [0.15, 0.2) is 18.2 Å². The Morgan fingerprint density at radius 2 is 1.42 bits per heavy atom. The second-order valence-electron chi connectivity index (χ2n) is 2.15. The summed E-state index contributed by atoms with van der Waals surface area (Å²) in [4.78, 5) is 0. The number of hydrogen-bond donors (Lipinski definition) is 1. The molecule has 0 unspecified atom stereocenters. The van der Waals surface area contributed by atoms with Crippen LogP contribution in [0.3, 0.4) is 0 Å². The molecule has 0 saturated carbocycles. The monoisotopic (exact) mass is 169 g/mol. The van der Waals surface area contributed by atoms with Crippen molar-refractivity contribution in [3.63, 3.8) is 0 Å². The zero-order valence-corrected chi connectivity index (χ0v) is 6.63. The Labute approximate surface area is 73.1 Å². The van der Waals surface area contributed by atoms with Crippen LogP contribution in [-0.4, -0.2) is 14.2 Å². The number of methoxy groups -OCH3 is 2. The zero-order chi connectivity index (χ0) is 8.27. The molecular weight excluding hydrogens is 154 g/mol. The Morgan fingerprint density at radius 1 is 1.00 bits per heavy atom. The first-order valence-electron chi connectivity index (χ1n) is 3.25. The minimum Gasteiger partial charge on any atom is -0.497 e. The van der Waals surface area contributed by atoms with Gasteiger partial charge in [-0.15, -0.1) is 0 Å². The van der Waals surface area contributed by atoms with Crippen molar-refractivity contribution in [2.75, 3.05) is 20.0 Å². The highest BCUT2D eigenvalue weighted by molar-refractivity contribution is 5.50. The van der Waals surface area contributed by atoms with Crippen LogP contribution in [0.2, 0.25) is 0 Å². The first-order chi connectivity index (χ1) is 5.26. The molecule has 0 aliphatic rings. The van der Waals surface area contributed by atoms with Crippen molar-refractivity contribution in [3.8, 4) is 11.5 Å². The van der Waals surface area contributed by atoms with E-state index in [9.17, 15) is 0 Å². The first-order valence-corrected chi connectivity index (χ1v) is 3.25. The molecule has 1 rings (SSSR count). The van der Waals surface area contributed by atoms with Gasteiger partial charge in [0.1, 0.15) is 11.5 Å². The van der Waals surface area contributed by atoms with E-state index in [1.807, 2.05) is 0 Å². The normalized spacial score (nSPS) is 8.50. The van der Waals surface area contributed by atoms with Crippen LogP contribution in [0, 0.1) is 0 Å². The fourth-order valence-corrected chi connectivity index (χ4v) is 0.829. The number of rotatable bonds is 2. The minimum atomic E-state index is 0. The van der Waals surface area contributed by atoms with Crippen molar-refractivity contribution in [2.24, 2.45) is 0 Å². The lowest BCUT2D eigenvalue weighted by molar-refractivity contribution is 0.395. The quantitative estimate of drug-likeness (QED) is 0.688. The Morgan fingerprint density at radius 3 is 1.75 bits per heavy atom. The molecule has 0 aliphatic carbocycles. The third-order valence-corrected chi connectivity index (χ3v) is 1.37. The summed E-state index contributed by atoms with van der Waals surface area (Å²) in [5, 5.41) is 0. The third kappa shape index (κ3) is 2.34. The van der Waals surface area contributed by atoms with E-state index >= 15 is 0 Å². The van der Waals surface area contributed by atoms with E-state index in [4.69, 9.17) is 15.2 Å². The number of nitrogen functional groups attached to an aromatic ring is 1. The van der Waals surface area contributed by atoms with Gasteiger partial charge in [0.2, 0.25) is 0 Å². The molecule has 0 saturated heterocycles. The second kappa shape index (κ2) is 4.49. The number of ether oxygens (including phenoxy) is 2. The summed E-state index contributed by atoms with van der Waals surface area (Å²) in [5.74, 6) is 1.42. The summed E-state index contributed by atoms with van der Waals surface area (Å²) in [7, 11) is 3.18. The molecule has 0 heterocycles. The van der Waals surface area contributed by atoms with Gasteiger partial charge in [-0.2, -0.15) is 0 Å². The molecule has 12 heavy (non-hydrogen) atoms. The fourth-order valence-electron chi connectivity index (χ4n) is 0.829. The van der Waals surface area contributed by atoms with Crippen LogP contribution in [-0.2, 0) is 0 Å². The molecule has 0 spiro atoms. The second-order valence-corrected chi connectivity index (χ2v) is 2.15. The molecule has 0 atom stereocenters. The van der Waals surface area contributed by atoms with Crippen molar-refractivity contribution in [1.82, 2.24) is 0 Å². The lowest BCUT2D eigenvalue weighted by Gasteiger charge is -2.04. The van der Waals surface area contributed by atoms with Gasteiger partial charge in [0.05, 0.1) is 14.2 Å². The maximum atomic E-state index is 5.55. The predicted molar refractivity (Wildman–Crippen MR) is 50.7 cm³/mol. The predicted octanol–water partition coefficient (Wildman–Crippen LogP) is 1.92. The molecule has 1 aromatic carbocycles. The van der Waals surface area contributed by atoms with Crippen molar-refractivity contribution in [2.45, 2.75) is 7.43 Å². The molecule has 0 aliphatic heterocycles. The highest BCUT2D eigenvalue weighted by Gasteiger charge is 1.97. The standard InChI is InChI=1S/C8H11NO2.CH4/c1-10-7-3-6(9)4-8(5-7)11-2;/h3-5H,9H2,1-2H3;1H4. The first kappa shape index (κ1) is 10.6. The van der Waals surface area contributed by atoms with Crippen LogP contribution in [0.5, 0.6) is 11.5 Å². The summed E-state index contributed by atoms with van der Waals surface area (Å²) in [6.45, 7) is 0. The fraction of sp³-hybridized carbons (Fsp3) is 0.333. The van der Waals surface area contributed by atoms with Gasteiger partial charge in [-0.25, -0.2) is 0 Å². The molecule has 0 fully saturated rings. The van der Waals surface area contributed by atoms with Crippen LogP contribution < -0.4 is 15.2 Å². The summed E-state index contributed by atoms with van der Waals surface area (Å²) >= 11 is 0. The summed E-state index contributed by atoms with van der Waals surface area (Å²) in [6, 6.07) is 5.25. The van der Waals surface area contributed by atoms with Gasteiger partial charge in [-0.3, -0.25) is 0 Å². The molecular formula is C9H15NO2. The molecule has 0 radical (unpaired) electrons. The van der Waals surface area contributed by atoms with Gasteiger partial charge in [0.15, 0.2) is 0 Å². The number of nitrogens with two attached hydrogens (primary N) is 1. The smallest absolute Gasteiger partial charge is 0.124 e. The van der Waals surface area contributed by atoms with Crippen molar-refractivity contribution >= 4 is 5.69 Å². The summed E-state index contributed by atoms with van der Waals surface area (Å²) in [5.41, 5.74) is 6.19. The zero-order valence-electron chi connectivity index (χ0n) is 6.63. The van der Waals surface area contributed by atoms with Crippen molar-refractivity contribution < 1.29 is 9.47 Å². The molecule has 0 bridgehead atoms.